The van der Waals surface area contributed by atoms with E-state index in [0.29, 0.717) is 24.7 Å². The van der Waals surface area contributed by atoms with E-state index in [2.05, 4.69) is 10.3 Å². The molecule has 1 heterocycles. The van der Waals surface area contributed by atoms with Gasteiger partial charge in [0.2, 0.25) is 0 Å². The first-order chi connectivity index (χ1) is 13.5. The number of carbonyl (C=O) groups is 1. The predicted molar refractivity (Wildman–Crippen MR) is 112 cm³/mol. The zero-order valence-electron chi connectivity index (χ0n) is 16.8. The molecule has 0 unspecified atom stereocenters. The van der Waals surface area contributed by atoms with Crippen molar-refractivity contribution in [3.8, 4) is 5.75 Å². The molecule has 1 N–H and O–H groups in total. The lowest BCUT2D eigenvalue weighted by Crippen LogP contribution is -2.10. The van der Waals surface area contributed by atoms with Crippen LogP contribution in [0.4, 0.5) is 11.4 Å². The summed E-state index contributed by atoms with van der Waals surface area (Å²) in [5.74, 6) is 0.827. The molecule has 0 radical (unpaired) electrons. The third kappa shape index (κ3) is 4.80. The molecular formula is C23H26N2O3. The van der Waals surface area contributed by atoms with Crippen LogP contribution in [0, 0.1) is 12.8 Å². The number of aryl methyl sites for hydroxylation is 1. The average Bonchev–Trinajstić information content (AvgIpc) is 2.67. The summed E-state index contributed by atoms with van der Waals surface area (Å²) in [5.41, 5.74) is 4.20. The third-order valence-electron chi connectivity index (χ3n) is 4.17. The largest absolute Gasteiger partial charge is 0.494 e. The lowest BCUT2D eigenvalue weighted by Gasteiger charge is -2.13. The Morgan fingerprint density at radius 1 is 1.11 bits per heavy atom. The number of carbonyl (C=O) groups excluding carboxylic acids is 1. The number of hydrogen-bond acceptors (Lipinski definition) is 5. The second-order valence-corrected chi connectivity index (χ2v) is 7.12. The molecule has 0 amide bonds. The maximum Gasteiger partial charge on any atom is 0.338 e. The molecule has 5 heteroatoms. The summed E-state index contributed by atoms with van der Waals surface area (Å²) < 4.78 is 10.9. The monoisotopic (exact) mass is 378 g/mol. The van der Waals surface area contributed by atoms with Crippen molar-refractivity contribution in [3.05, 3.63) is 59.8 Å². The summed E-state index contributed by atoms with van der Waals surface area (Å²) in [4.78, 5) is 16.7. The van der Waals surface area contributed by atoms with E-state index < -0.39 is 0 Å². The second-order valence-electron chi connectivity index (χ2n) is 7.12. The summed E-state index contributed by atoms with van der Waals surface area (Å²) in [6.07, 6.45) is 0. The van der Waals surface area contributed by atoms with Gasteiger partial charge in [0.05, 0.1) is 24.3 Å². The van der Waals surface area contributed by atoms with E-state index >= 15 is 0 Å². The molecule has 5 nitrogen and oxygen atoms in total. The molecule has 0 saturated heterocycles. The van der Waals surface area contributed by atoms with Crippen molar-refractivity contribution in [2.45, 2.75) is 27.7 Å². The average molecular weight is 378 g/mol. The molecule has 146 valence electrons. The summed E-state index contributed by atoms with van der Waals surface area (Å²) in [5, 5.41) is 4.41. The van der Waals surface area contributed by atoms with Gasteiger partial charge in [-0.2, -0.15) is 0 Å². The molecule has 0 fully saturated rings. The first-order valence-corrected chi connectivity index (χ1v) is 9.54. The van der Waals surface area contributed by atoms with Gasteiger partial charge in [-0.1, -0.05) is 13.8 Å². The smallest absolute Gasteiger partial charge is 0.338 e. The van der Waals surface area contributed by atoms with Gasteiger partial charge in [0.25, 0.3) is 0 Å². The van der Waals surface area contributed by atoms with Gasteiger partial charge in [-0.05, 0) is 68.3 Å². The molecule has 28 heavy (non-hydrogen) atoms. The summed E-state index contributed by atoms with van der Waals surface area (Å²) in [6, 6.07) is 15.2. The van der Waals surface area contributed by atoms with E-state index in [-0.39, 0.29) is 5.97 Å². The van der Waals surface area contributed by atoms with Crippen LogP contribution in [0.2, 0.25) is 0 Å². The van der Waals surface area contributed by atoms with Crippen LogP contribution in [-0.2, 0) is 4.74 Å². The van der Waals surface area contributed by atoms with Crippen molar-refractivity contribution in [1.29, 1.82) is 0 Å². The van der Waals surface area contributed by atoms with E-state index in [1.165, 1.54) is 0 Å². The Hall–Kier alpha value is -3.08. The van der Waals surface area contributed by atoms with Crippen LogP contribution in [0.15, 0.2) is 48.5 Å². The van der Waals surface area contributed by atoms with Gasteiger partial charge in [-0.3, -0.25) is 4.98 Å². The van der Waals surface area contributed by atoms with Crippen LogP contribution >= 0.6 is 0 Å². The van der Waals surface area contributed by atoms with Crippen LogP contribution in [0.3, 0.4) is 0 Å². The maximum atomic E-state index is 12.1. The van der Waals surface area contributed by atoms with Crippen molar-refractivity contribution in [2.75, 3.05) is 18.5 Å². The highest BCUT2D eigenvalue weighted by Gasteiger charge is 2.10. The number of ether oxygens (including phenoxy) is 2. The Labute approximate surface area is 165 Å². The van der Waals surface area contributed by atoms with Crippen LogP contribution in [0.1, 0.15) is 36.8 Å². The Morgan fingerprint density at radius 3 is 2.54 bits per heavy atom. The van der Waals surface area contributed by atoms with Gasteiger partial charge in [0.1, 0.15) is 5.75 Å². The van der Waals surface area contributed by atoms with Crippen molar-refractivity contribution in [1.82, 2.24) is 4.98 Å². The van der Waals surface area contributed by atoms with Gasteiger partial charge in [0, 0.05) is 22.5 Å². The molecule has 0 aliphatic rings. The van der Waals surface area contributed by atoms with E-state index in [1.54, 1.807) is 12.1 Å². The normalized spacial score (nSPS) is 10.9. The number of aromatic nitrogens is 1. The van der Waals surface area contributed by atoms with Crippen LogP contribution in [-0.4, -0.2) is 24.2 Å². The van der Waals surface area contributed by atoms with Gasteiger partial charge in [0.15, 0.2) is 0 Å². The zero-order chi connectivity index (χ0) is 20.1. The highest BCUT2D eigenvalue weighted by Crippen LogP contribution is 2.29. The van der Waals surface area contributed by atoms with E-state index in [4.69, 9.17) is 9.47 Å². The van der Waals surface area contributed by atoms with Crippen molar-refractivity contribution in [2.24, 2.45) is 5.92 Å². The number of fused-ring (bicyclic) bond motifs is 1. The fourth-order valence-corrected chi connectivity index (χ4v) is 2.87. The molecule has 2 aromatic carbocycles. The molecule has 0 bridgehead atoms. The highest BCUT2D eigenvalue weighted by atomic mass is 16.5. The standard InChI is InChI=1S/C23H26N2O3/c1-5-27-19-10-11-21-20(13-19)22(12-16(4)24-21)25-18-8-6-17(7-9-18)23(26)28-14-15(2)3/h6-13,15H,5,14H2,1-4H3,(H,24,25). The minimum absolute atomic E-state index is 0.299. The molecule has 3 rings (SSSR count). The number of benzene rings is 2. The van der Waals surface area contributed by atoms with Crippen molar-refractivity contribution >= 4 is 28.2 Å². The number of anilines is 2. The fraction of sp³-hybridized carbons (Fsp3) is 0.304. The van der Waals surface area contributed by atoms with Crippen LogP contribution < -0.4 is 10.1 Å². The molecule has 1 aromatic heterocycles. The van der Waals surface area contributed by atoms with E-state index in [0.717, 1.165) is 33.7 Å². The highest BCUT2D eigenvalue weighted by molar-refractivity contribution is 5.94. The third-order valence-corrected chi connectivity index (χ3v) is 4.17. The Morgan fingerprint density at radius 2 is 1.86 bits per heavy atom. The Balaban J connectivity index is 1.83. The Kier molecular flexibility index (Phi) is 6.14. The molecule has 0 atom stereocenters. The minimum Gasteiger partial charge on any atom is -0.494 e. The molecular weight excluding hydrogens is 352 g/mol. The number of nitrogens with one attached hydrogen (secondary N) is 1. The summed E-state index contributed by atoms with van der Waals surface area (Å²) in [7, 11) is 0. The van der Waals surface area contributed by atoms with Crippen molar-refractivity contribution < 1.29 is 14.3 Å². The first-order valence-electron chi connectivity index (χ1n) is 9.54. The van der Waals surface area contributed by atoms with Gasteiger partial charge in [-0.15, -0.1) is 0 Å². The minimum atomic E-state index is -0.299. The molecule has 3 aromatic rings. The van der Waals surface area contributed by atoms with E-state index in [1.807, 2.05) is 64.1 Å². The molecule has 0 aliphatic carbocycles. The summed E-state index contributed by atoms with van der Waals surface area (Å²) in [6.45, 7) is 8.99. The van der Waals surface area contributed by atoms with Crippen LogP contribution in [0.5, 0.6) is 5.75 Å². The topological polar surface area (TPSA) is 60.5 Å². The first kappa shape index (κ1) is 19.7. The molecule has 0 aliphatic heterocycles. The molecule has 0 saturated carbocycles. The van der Waals surface area contributed by atoms with Gasteiger partial charge >= 0.3 is 5.97 Å². The summed E-state index contributed by atoms with van der Waals surface area (Å²) >= 11 is 0. The quantitative estimate of drug-likeness (QED) is 0.550. The number of esters is 1. The van der Waals surface area contributed by atoms with Crippen LogP contribution in [0.25, 0.3) is 10.9 Å². The van der Waals surface area contributed by atoms with Gasteiger partial charge < -0.3 is 14.8 Å². The van der Waals surface area contributed by atoms with Gasteiger partial charge in [-0.25, -0.2) is 4.79 Å². The lowest BCUT2D eigenvalue weighted by atomic mass is 10.1. The zero-order valence-corrected chi connectivity index (χ0v) is 16.8. The Bertz CT molecular complexity index is 965. The lowest BCUT2D eigenvalue weighted by molar-refractivity contribution is 0.0459. The molecule has 0 spiro atoms. The number of hydrogen-bond donors (Lipinski definition) is 1. The maximum absolute atomic E-state index is 12.1. The SMILES string of the molecule is CCOc1ccc2nc(C)cc(Nc3ccc(C(=O)OCC(C)C)cc3)c2c1. The van der Waals surface area contributed by atoms with E-state index in [9.17, 15) is 4.79 Å². The number of rotatable bonds is 7. The van der Waals surface area contributed by atoms with Crippen molar-refractivity contribution in [3.63, 3.8) is 0 Å². The number of pyridine rings is 1. The second kappa shape index (κ2) is 8.74. The predicted octanol–water partition coefficient (Wildman–Crippen LogP) is 5.50. The fourth-order valence-electron chi connectivity index (χ4n) is 2.87. The number of nitrogens with zero attached hydrogens (tertiary/aromatic N) is 1.